The highest BCUT2D eigenvalue weighted by Gasteiger charge is 2.33. The zero-order chi connectivity index (χ0) is 24.1. The van der Waals surface area contributed by atoms with Gasteiger partial charge >= 0.3 is 0 Å². The van der Waals surface area contributed by atoms with Gasteiger partial charge < -0.3 is 9.80 Å². The molecule has 7 heteroatoms. The van der Waals surface area contributed by atoms with Gasteiger partial charge in [-0.25, -0.2) is 8.78 Å². The molecule has 1 heterocycles. The van der Waals surface area contributed by atoms with E-state index in [1.54, 1.807) is 12.1 Å². The van der Waals surface area contributed by atoms with Crippen LogP contribution in [-0.4, -0.2) is 59.7 Å². The van der Waals surface area contributed by atoms with Gasteiger partial charge in [0.15, 0.2) is 5.78 Å². The van der Waals surface area contributed by atoms with E-state index in [0.29, 0.717) is 5.56 Å². The summed E-state index contributed by atoms with van der Waals surface area (Å²) in [5.41, 5.74) is 2.87. The van der Waals surface area contributed by atoms with Gasteiger partial charge in [0.25, 0.3) is 11.8 Å². The van der Waals surface area contributed by atoms with Crippen LogP contribution in [0.5, 0.6) is 0 Å². The second-order valence-corrected chi connectivity index (χ2v) is 8.20. The maximum absolute atomic E-state index is 14.7. The maximum atomic E-state index is 14.7. The number of alkyl halides is 1. The zero-order valence-electron chi connectivity index (χ0n) is 18.5. The Bertz CT molecular complexity index is 1170. The molecule has 1 aliphatic rings. The molecular weight excluding hydrogens is 438 g/mol. The van der Waals surface area contributed by atoms with Crippen molar-refractivity contribution >= 4 is 17.6 Å². The Morgan fingerprint density at radius 1 is 0.765 bits per heavy atom. The number of benzene rings is 3. The summed E-state index contributed by atoms with van der Waals surface area (Å²) in [6.07, 6.45) is -2.43. The number of hydrogen-bond acceptors (Lipinski definition) is 3. The van der Waals surface area contributed by atoms with Crippen LogP contribution in [0.15, 0.2) is 78.9 Å². The van der Waals surface area contributed by atoms with Crippen LogP contribution < -0.4 is 0 Å². The zero-order valence-corrected chi connectivity index (χ0v) is 18.5. The number of amides is 2. The summed E-state index contributed by atoms with van der Waals surface area (Å²) < 4.78 is 28.1. The molecule has 3 aromatic rings. The van der Waals surface area contributed by atoms with E-state index in [2.05, 4.69) is 0 Å². The minimum Gasteiger partial charge on any atom is -0.336 e. The molecule has 1 saturated heterocycles. The van der Waals surface area contributed by atoms with E-state index in [0.717, 1.165) is 17.2 Å². The molecule has 174 valence electrons. The summed E-state index contributed by atoms with van der Waals surface area (Å²) in [5, 5.41) is 0. The van der Waals surface area contributed by atoms with Gasteiger partial charge in [0.2, 0.25) is 6.17 Å². The standard InChI is InChI=1S/C27H24F2N2O3/c28-23-8-4-7-22(18-23)26(33)30-13-15-31(16-14-30)27(34)25(29)24(32)17-19-9-11-21(12-10-19)20-5-2-1-3-6-20/h1-12,18,25H,13-17H2. The van der Waals surface area contributed by atoms with Crippen molar-refractivity contribution in [3.63, 3.8) is 0 Å². The van der Waals surface area contributed by atoms with E-state index < -0.39 is 23.7 Å². The molecule has 0 aromatic heterocycles. The summed E-state index contributed by atoms with van der Waals surface area (Å²) in [4.78, 5) is 40.2. The van der Waals surface area contributed by atoms with Crippen LogP contribution in [-0.2, 0) is 16.0 Å². The molecule has 5 nitrogen and oxygen atoms in total. The van der Waals surface area contributed by atoms with Crippen LogP contribution in [0.25, 0.3) is 11.1 Å². The van der Waals surface area contributed by atoms with E-state index in [1.807, 2.05) is 42.5 Å². The van der Waals surface area contributed by atoms with Crippen molar-refractivity contribution in [1.29, 1.82) is 0 Å². The molecule has 1 aliphatic heterocycles. The van der Waals surface area contributed by atoms with E-state index in [4.69, 9.17) is 0 Å². The Hall–Kier alpha value is -3.87. The maximum Gasteiger partial charge on any atom is 0.265 e. The Balaban J connectivity index is 1.30. The molecule has 1 atom stereocenters. The predicted octanol–water partition coefficient (Wildman–Crippen LogP) is 3.93. The number of hydrogen-bond donors (Lipinski definition) is 0. The lowest BCUT2D eigenvalue weighted by Gasteiger charge is -2.35. The summed E-state index contributed by atoms with van der Waals surface area (Å²) in [7, 11) is 0. The van der Waals surface area contributed by atoms with Crippen LogP contribution in [0.2, 0.25) is 0 Å². The Morgan fingerprint density at radius 3 is 2.03 bits per heavy atom. The summed E-state index contributed by atoms with van der Waals surface area (Å²) in [6.45, 7) is 0.588. The van der Waals surface area contributed by atoms with Crippen LogP contribution in [0.4, 0.5) is 8.78 Å². The molecule has 34 heavy (non-hydrogen) atoms. The smallest absolute Gasteiger partial charge is 0.265 e. The van der Waals surface area contributed by atoms with Crippen molar-refractivity contribution in [2.45, 2.75) is 12.6 Å². The molecule has 1 fully saturated rings. The van der Waals surface area contributed by atoms with E-state index in [9.17, 15) is 23.2 Å². The van der Waals surface area contributed by atoms with Gasteiger partial charge in [-0.3, -0.25) is 14.4 Å². The SMILES string of the molecule is O=C(Cc1ccc(-c2ccccc2)cc1)C(F)C(=O)N1CCN(C(=O)c2cccc(F)c2)CC1. The van der Waals surface area contributed by atoms with Crippen molar-refractivity contribution in [2.75, 3.05) is 26.2 Å². The Morgan fingerprint density at radius 2 is 1.38 bits per heavy atom. The van der Waals surface area contributed by atoms with Crippen molar-refractivity contribution in [1.82, 2.24) is 9.80 Å². The lowest BCUT2D eigenvalue weighted by Crippen LogP contribution is -2.53. The van der Waals surface area contributed by atoms with Gasteiger partial charge in [-0.15, -0.1) is 0 Å². The topological polar surface area (TPSA) is 57.7 Å². The molecule has 0 saturated carbocycles. The third kappa shape index (κ3) is 5.36. The van der Waals surface area contributed by atoms with Gasteiger partial charge in [-0.2, -0.15) is 0 Å². The molecule has 0 spiro atoms. The molecular formula is C27H24F2N2O3. The first-order valence-electron chi connectivity index (χ1n) is 11.1. The Kier molecular flexibility index (Phi) is 7.11. The average molecular weight is 462 g/mol. The van der Waals surface area contributed by atoms with E-state index in [-0.39, 0.29) is 44.1 Å². The lowest BCUT2D eigenvalue weighted by molar-refractivity contribution is -0.143. The van der Waals surface area contributed by atoms with Gasteiger partial charge in [0.1, 0.15) is 5.82 Å². The highest BCUT2D eigenvalue weighted by atomic mass is 19.1. The van der Waals surface area contributed by atoms with Gasteiger partial charge in [0.05, 0.1) is 0 Å². The van der Waals surface area contributed by atoms with Gasteiger partial charge in [-0.05, 0) is 34.9 Å². The average Bonchev–Trinajstić information content (AvgIpc) is 2.88. The number of piperazine rings is 1. The minimum absolute atomic E-state index is 0.110. The van der Waals surface area contributed by atoms with Crippen LogP contribution in [0.3, 0.4) is 0 Å². The molecule has 0 N–H and O–H groups in total. The van der Waals surface area contributed by atoms with Crippen molar-refractivity contribution < 1.29 is 23.2 Å². The number of ketones is 1. The first-order valence-corrected chi connectivity index (χ1v) is 11.1. The number of halogens is 2. The van der Waals surface area contributed by atoms with Crippen molar-refractivity contribution in [3.8, 4) is 11.1 Å². The summed E-state index contributed by atoms with van der Waals surface area (Å²) in [6, 6.07) is 22.4. The molecule has 3 aromatic carbocycles. The first-order chi connectivity index (χ1) is 16.4. The number of nitrogens with zero attached hydrogens (tertiary/aromatic N) is 2. The second kappa shape index (κ2) is 10.4. The number of rotatable bonds is 6. The lowest BCUT2D eigenvalue weighted by atomic mass is 10.0. The summed E-state index contributed by atoms with van der Waals surface area (Å²) >= 11 is 0. The fraction of sp³-hybridized carbons (Fsp3) is 0.222. The fourth-order valence-corrected chi connectivity index (χ4v) is 3.97. The van der Waals surface area contributed by atoms with Gasteiger partial charge in [-0.1, -0.05) is 60.7 Å². The molecule has 1 unspecified atom stereocenters. The molecule has 0 aliphatic carbocycles. The minimum atomic E-state index is -2.25. The van der Waals surface area contributed by atoms with E-state index in [1.165, 1.54) is 28.0 Å². The number of Topliss-reactive ketones (excluding diaryl/α,β-unsaturated/α-hetero) is 1. The van der Waals surface area contributed by atoms with Crippen LogP contribution in [0, 0.1) is 5.82 Å². The highest BCUT2D eigenvalue weighted by molar-refractivity contribution is 6.05. The molecule has 4 rings (SSSR count). The highest BCUT2D eigenvalue weighted by Crippen LogP contribution is 2.20. The summed E-state index contributed by atoms with van der Waals surface area (Å²) in [5.74, 6) is -2.54. The number of carbonyl (C=O) groups excluding carboxylic acids is 3. The molecule has 0 bridgehead atoms. The number of carbonyl (C=O) groups is 3. The predicted molar refractivity (Wildman–Crippen MR) is 124 cm³/mol. The first kappa shape index (κ1) is 23.3. The van der Waals surface area contributed by atoms with Crippen LogP contribution in [0.1, 0.15) is 15.9 Å². The molecule has 0 radical (unpaired) electrons. The quantitative estimate of drug-likeness (QED) is 0.522. The normalized spacial score (nSPS) is 14.5. The van der Waals surface area contributed by atoms with Crippen molar-refractivity contribution in [2.24, 2.45) is 0 Å². The van der Waals surface area contributed by atoms with Crippen molar-refractivity contribution in [3.05, 3.63) is 95.8 Å². The second-order valence-electron chi connectivity index (χ2n) is 8.20. The third-order valence-electron chi connectivity index (χ3n) is 5.89. The molecule has 2 amide bonds. The largest absolute Gasteiger partial charge is 0.336 e. The van der Waals surface area contributed by atoms with Gasteiger partial charge in [0, 0.05) is 38.2 Å². The fourth-order valence-electron chi connectivity index (χ4n) is 3.97. The van der Waals surface area contributed by atoms with E-state index >= 15 is 0 Å². The third-order valence-corrected chi connectivity index (χ3v) is 5.89. The monoisotopic (exact) mass is 462 g/mol. The Labute approximate surface area is 196 Å². The van der Waals surface area contributed by atoms with Crippen LogP contribution >= 0.6 is 0 Å².